The Morgan fingerprint density at radius 2 is 1.89 bits per heavy atom. The third-order valence-electron chi connectivity index (χ3n) is 5.28. The SMILES string of the molecule is Cc1cc2c(F)c(Cl)ncc2c(N2CC3CCC(C2)N3C(=O)OC(C)(C)C)n1. The van der Waals surface area contributed by atoms with Crippen LogP contribution in [-0.4, -0.2) is 51.7 Å². The van der Waals surface area contributed by atoms with Crippen LogP contribution in [0.2, 0.25) is 5.15 Å². The van der Waals surface area contributed by atoms with Crippen molar-refractivity contribution in [3.05, 3.63) is 28.9 Å². The Bertz CT molecular complexity index is 932. The molecule has 2 aromatic rings. The van der Waals surface area contributed by atoms with Gasteiger partial charge in [0.25, 0.3) is 0 Å². The first kappa shape index (κ1) is 19.2. The van der Waals surface area contributed by atoms with Crippen LogP contribution in [0.1, 0.15) is 39.3 Å². The molecule has 4 heterocycles. The summed E-state index contributed by atoms with van der Waals surface area (Å²) >= 11 is 5.86. The summed E-state index contributed by atoms with van der Waals surface area (Å²) in [6.07, 6.45) is 3.15. The van der Waals surface area contributed by atoms with E-state index in [0.29, 0.717) is 35.4 Å². The molecule has 2 atom stereocenters. The van der Waals surface area contributed by atoms with Gasteiger partial charge < -0.3 is 9.64 Å². The number of ether oxygens (including phenoxy) is 1. The molecule has 0 aliphatic carbocycles. The molecule has 2 fully saturated rings. The number of pyridine rings is 2. The van der Waals surface area contributed by atoms with Crippen molar-refractivity contribution in [2.24, 2.45) is 0 Å². The van der Waals surface area contributed by atoms with Gasteiger partial charge in [-0.15, -0.1) is 0 Å². The molecule has 28 heavy (non-hydrogen) atoms. The molecule has 0 N–H and O–H groups in total. The summed E-state index contributed by atoms with van der Waals surface area (Å²) in [5.41, 5.74) is 0.190. The minimum absolute atomic E-state index is 0.0519. The second kappa shape index (κ2) is 6.72. The number of hydrogen-bond donors (Lipinski definition) is 0. The monoisotopic (exact) mass is 406 g/mol. The quantitative estimate of drug-likeness (QED) is 0.660. The molecule has 0 saturated carbocycles. The highest BCUT2D eigenvalue weighted by Crippen LogP contribution is 2.36. The summed E-state index contributed by atoms with van der Waals surface area (Å²) in [5, 5.41) is 0.918. The van der Waals surface area contributed by atoms with Gasteiger partial charge in [-0.25, -0.2) is 19.2 Å². The number of aromatic nitrogens is 2. The van der Waals surface area contributed by atoms with E-state index in [1.54, 1.807) is 12.3 Å². The van der Waals surface area contributed by atoms with Crippen molar-refractivity contribution in [2.45, 2.75) is 58.2 Å². The summed E-state index contributed by atoms with van der Waals surface area (Å²) in [7, 11) is 0. The van der Waals surface area contributed by atoms with E-state index < -0.39 is 11.4 Å². The maximum absolute atomic E-state index is 14.5. The van der Waals surface area contributed by atoms with Crippen LogP contribution < -0.4 is 4.90 Å². The van der Waals surface area contributed by atoms with Crippen LogP contribution in [0.3, 0.4) is 0 Å². The van der Waals surface area contributed by atoms with Crippen molar-refractivity contribution < 1.29 is 13.9 Å². The topological polar surface area (TPSA) is 58.6 Å². The third kappa shape index (κ3) is 3.36. The van der Waals surface area contributed by atoms with E-state index in [1.807, 2.05) is 32.6 Å². The first-order valence-corrected chi connectivity index (χ1v) is 9.89. The summed E-state index contributed by atoms with van der Waals surface area (Å²) in [6.45, 7) is 8.72. The Balaban J connectivity index is 1.65. The zero-order valence-electron chi connectivity index (χ0n) is 16.5. The number of aryl methyl sites for hydroxylation is 1. The Labute approximate surface area is 168 Å². The van der Waals surface area contributed by atoms with Gasteiger partial charge in [0.1, 0.15) is 11.4 Å². The number of piperazine rings is 1. The van der Waals surface area contributed by atoms with Crippen LogP contribution in [0.5, 0.6) is 0 Å². The van der Waals surface area contributed by atoms with Crippen LogP contribution in [0.15, 0.2) is 12.3 Å². The highest BCUT2D eigenvalue weighted by Gasteiger charge is 2.44. The number of rotatable bonds is 1. The maximum atomic E-state index is 14.5. The molecule has 0 radical (unpaired) electrons. The molecule has 4 rings (SSSR count). The molecule has 2 saturated heterocycles. The van der Waals surface area contributed by atoms with Gasteiger partial charge in [-0.2, -0.15) is 0 Å². The maximum Gasteiger partial charge on any atom is 0.410 e. The third-order valence-corrected chi connectivity index (χ3v) is 5.54. The minimum Gasteiger partial charge on any atom is -0.444 e. The summed E-state index contributed by atoms with van der Waals surface area (Å²) in [4.78, 5) is 25.3. The molecule has 150 valence electrons. The van der Waals surface area contributed by atoms with Crippen molar-refractivity contribution in [3.8, 4) is 0 Å². The van der Waals surface area contributed by atoms with Crippen molar-refractivity contribution in [1.29, 1.82) is 0 Å². The van der Waals surface area contributed by atoms with Crippen LogP contribution in [0.4, 0.5) is 15.0 Å². The standard InChI is InChI=1S/C20H24ClFN4O2/c1-11-7-14-15(8-23-17(21)16(14)22)18(24-11)25-9-12-5-6-13(10-25)26(12)19(27)28-20(2,3)4/h7-8,12-13H,5-6,9-10H2,1-4H3. The smallest absolute Gasteiger partial charge is 0.410 e. The Morgan fingerprint density at radius 3 is 2.50 bits per heavy atom. The Hall–Kier alpha value is -2.15. The normalized spacial score (nSPS) is 22.1. The molecule has 2 aromatic heterocycles. The number of anilines is 1. The molecule has 2 aliphatic heterocycles. The Morgan fingerprint density at radius 1 is 1.25 bits per heavy atom. The Kier molecular flexibility index (Phi) is 4.61. The lowest BCUT2D eigenvalue weighted by atomic mass is 10.1. The fourth-order valence-electron chi connectivity index (χ4n) is 4.19. The molecular weight excluding hydrogens is 383 g/mol. The fourth-order valence-corrected chi connectivity index (χ4v) is 4.34. The number of carbonyl (C=O) groups excluding carboxylic acids is 1. The number of carbonyl (C=O) groups is 1. The average Bonchev–Trinajstić information content (AvgIpc) is 2.87. The number of hydrogen-bond acceptors (Lipinski definition) is 5. The molecule has 2 bridgehead atoms. The van der Waals surface area contributed by atoms with Gasteiger partial charge in [0.15, 0.2) is 11.0 Å². The van der Waals surface area contributed by atoms with E-state index in [0.717, 1.165) is 12.8 Å². The van der Waals surface area contributed by atoms with Crippen molar-refractivity contribution in [1.82, 2.24) is 14.9 Å². The van der Waals surface area contributed by atoms with Crippen molar-refractivity contribution >= 4 is 34.3 Å². The van der Waals surface area contributed by atoms with E-state index in [-0.39, 0.29) is 23.3 Å². The van der Waals surface area contributed by atoms with Gasteiger partial charge in [-0.1, -0.05) is 11.6 Å². The molecule has 0 aromatic carbocycles. The molecule has 0 spiro atoms. The molecule has 2 aliphatic rings. The van der Waals surface area contributed by atoms with Crippen LogP contribution in [0.25, 0.3) is 10.8 Å². The largest absolute Gasteiger partial charge is 0.444 e. The number of amides is 1. The van der Waals surface area contributed by atoms with Crippen LogP contribution in [-0.2, 0) is 4.74 Å². The van der Waals surface area contributed by atoms with Crippen molar-refractivity contribution in [2.75, 3.05) is 18.0 Å². The number of nitrogens with zero attached hydrogens (tertiary/aromatic N) is 4. The van der Waals surface area contributed by atoms with E-state index in [4.69, 9.17) is 16.3 Å². The van der Waals surface area contributed by atoms with Gasteiger partial charge >= 0.3 is 6.09 Å². The first-order chi connectivity index (χ1) is 13.1. The average molecular weight is 407 g/mol. The zero-order valence-corrected chi connectivity index (χ0v) is 17.3. The van der Waals surface area contributed by atoms with E-state index in [1.165, 1.54) is 0 Å². The minimum atomic E-state index is -0.527. The zero-order chi connectivity index (χ0) is 20.2. The van der Waals surface area contributed by atoms with Gasteiger partial charge in [-0.05, 0) is 46.6 Å². The van der Waals surface area contributed by atoms with Gasteiger partial charge in [0.2, 0.25) is 0 Å². The molecule has 6 nitrogen and oxygen atoms in total. The van der Waals surface area contributed by atoms with E-state index in [9.17, 15) is 9.18 Å². The first-order valence-electron chi connectivity index (χ1n) is 9.51. The lowest BCUT2D eigenvalue weighted by molar-refractivity contribution is 0.0123. The molecule has 2 unspecified atom stereocenters. The fraction of sp³-hybridized carbons (Fsp3) is 0.550. The highest BCUT2D eigenvalue weighted by atomic mass is 35.5. The summed E-state index contributed by atoms with van der Waals surface area (Å²) < 4.78 is 20.1. The molecule has 1 amide bonds. The highest BCUT2D eigenvalue weighted by molar-refractivity contribution is 6.30. The van der Waals surface area contributed by atoms with E-state index in [2.05, 4.69) is 14.9 Å². The second-order valence-corrected chi connectivity index (χ2v) is 8.95. The molecular formula is C20H24ClFN4O2. The van der Waals surface area contributed by atoms with Gasteiger partial charge in [0.05, 0.1) is 12.1 Å². The number of fused-ring (bicyclic) bond motifs is 3. The predicted molar refractivity (Wildman–Crippen MR) is 106 cm³/mol. The van der Waals surface area contributed by atoms with Gasteiger partial charge in [-0.3, -0.25) is 4.90 Å². The molecule has 8 heteroatoms. The lowest BCUT2D eigenvalue weighted by Gasteiger charge is -2.42. The lowest BCUT2D eigenvalue weighted by Crippen LogP contribution is -2.57. The van der Waals surface area contributed by atoms with Crippen LogP contribution >= 0.6 is 11.6 Å². The van der Waals surface area contributed by atoms with Crippen LogP contribution in [0, 0.1) is 12.7 Å². The predicted octanol–water partition coefficient (Wildman–Crippen LogP) is 4.32. The summed E-state index contributed by atoms with van der Waals surface area (Å²) in [6, 6.07) is 1.79. The van der Waals surface area contributed by atoms with Crippen molar-refractivity contribution in [3.63, 3.8) is 0 Å². The van der Waals surface area contributed by atoms with E-state index >= 15 is 0 Å². The second-order valence-electron chi connectivity index (χ2n) is 8.59. The number of halogens is 2. The summed E-state index contributed by atoms with van der Waals surface area (Å²) in [5.74, 6) is 0.167. The van der Waals surface area contributed by atoms with Gasteiger partial charge in [0, 0.05) is 35.8 Å².